The van der Waals surface area contributed by atoms with Crippen molar-refractivity contribution < 1.29 is 14.4 Å². The van der Waals surface area contributed by atoms with Gasteiger partial charge in [-0.1, -0.05) is 41.9 Å². The number of carbonyl (C=O) groups excluding carboxylic acids is 3. The molecule has 0 spiro atoms. The van der Waals surface area contributed by atoms with Crippen molar-refractivity contribution in [3.05, 3.63) is 88.9 Å². The third-order valence-electron chi connectivity index (χ3n) is 6.31. The molecule has 1 fully saturated rings. The predicted octanol–water partition coefficient (Wildman–Crippen LogP) is 3.80. The van der Waals surface area contributed by atoms with E-state index < -0.39 is 17.7 Å². The van der Waals surface area contributed by atoms with Crippen LogP contribution in [0.3, 0.4) is 0 Å². The highest BCUT2D eigenvalue weighted by Crippen LogP contribution is 2.31. The first kappa shape index (κ1) is 24.5. The number of halogens is 1. The fraction of sp³-hybridized carbons (Fsp3) is 0.185. The third kappa shape index (κ3) is 5.63. The number of Topliss-reactive ketones (excluding diaryl/α,β-unsaturated/α-hetero) is 1. The van der Waals surface area contributed by atoms with Gasteiger partial charge < -0.3 is 10.2 Å². The fourth-order valence-corrected chi connectivity index (χ4v) is 4.50. The van der Waals surface area contributed by atoms with E-state index in [2.05, 4.69) is 37.8 Å². The van der Waals surface area contributed by atoms with Crippen LogP contribution in [0.15, 0.2) is 77.9 Å². The number of rotatable bonds is 6. The minimum absolute atomic E-state index is 0.274. The molecule has 1 saturated heterocycles. The van der Waals surface area contributed by atoms with Gasteiger partial charge in [0.2, 0.25) is 0 Å². The predicted molar refractivity (Wildman–Crippen MR) is 145 cm³/mol. The van der Waals surface area contributed by atoms with E-state index in [9.17, 15) is 14.4 Å². The Balaban J connectivity index is 1.18. The smallest absolute Gasteiger partial charge is 0.339 e. The number of carbonyl (C=O) groups is 3. The molecule has 2 aliphatic heterocycles. The van der Waals surface area contributed by atoms with Gasteiger partial charge in [-0.3, -0.25) is 19.4 Å². The van der Waals surface area contributed by atoms with Crippen molar-refractivity contribution in [1.82, 2.24) is 10.3 Å². The summed E-state index contributed by atoms with van der Waals surface area (Å²) in [4.78, 5) is 43.7. The molecule has 0 radical (unpaired) electrons. The van der Waals surface area contributed by atoms with E-state index in [1.165, 1.54) is 22.9 Å². The number of hydrogen-bond acceptors (Lipinski definition) is 6. The summed E-state index contributed by atoms with van der Waals surface area (Å²) in [5, 5.41) is 7.14. The molecule has 0 saturated carbocycles. The Morgan fingerprint density at radius 3 is 2.41 bits per heavy atom. The summed E-state index contributed by atoms with van der Waals surface area (Å²) in [7, 11) is 0. The molecule has 3 aromatic carbocycles. The largest absolute Gasteiger partial charge is 0.369 e. The Morgan fingerprint density at radius 1 is 0.946 bits per heavy atom. The van der Waals surface area contributed by atoms with Gasteiger partial charge in [-0.05, 0) is 48.0 Å². The quantitative estimate of drug-likeness (QED) is 0.295. The van der Waals surface area contributed by atoms with Crippen LogP contribution >= 0.6 is 11.6 Å². The molecular formula is C27H25ClN6O3. The van der Waals surface area contributed by atoms with Crippen molar-refractivity contribution in [1.29, 1.82) is 0 Å². The molecule has 0 unspecified atom stereocenters. The summed E-state index contributed by atoms with van der Waals surface area (Å²) in [6.07, 6.45) is 1.48. The Kier molecular flexibility index (Phi) is 7.16. The van der Waals surface area contributed by atoms with E-state index in [0.29, 0.717) is 23.1 Å². The molecule has 0 bridgehead atoms. The number of urea groups is 1. The molecule has 5 rings (SSSR count). The van der Waals surface area contributed by atoms with Crippen LogP contribution in [0.5, 0.6) is 0 Å². The molecule has 2 aliphatic rings. The lowest BCUT2D eigenvalue weighted by Crippen LogP contribution is -2.51. The number of anilines is 3. The molecule has 2 heterocycles. The first-order valence-corrected chi connectivity index (χ1v) is 12.2. The summed E-state index contributed by atoms with van der Waals surface area (Å²) in [6.45, 7) is 3.57. The second kappa shape index (κ2) is 10.8. The maximum Gasteiger partial charge on any atom is 0.339 e. The van der Waals surface area contributed by atoms with E-state index in [1.807, 2.05) is 18.2 Å². The number of para-hydroxylation sites is 1. The molecule has 9 nitrogen and oxygen atoms in total. The Morgan fingerprint density at radius 2 is 1.68 bits per heavy atom. The number of piperazine rings is 1. The number of nitrogens with zero attached hydrogens (tertiary/aromatic N) is 4. The van der Waals surface area contributed by atoms with E-state index in [0.717, 1.165) is 31.7 Å². The van der Waals surface area contributed by atoms with Gasteiger partial charge in [0.15, 0.2) is 0 Å². The van der Waals surface area contributed by atoms with Crippen molar-refractivity contribution in [2.75, 3.05) is 48.0 Å². The average molecular weight is 517 g/mol. The van der Waals surface area contributed by atoms with Crippen molar-refractivity contribution in [3.63, 3.8) is 0 Å². The lowest BCUT2D eigenvalue weighted by Gasteiger charge is -2.37. The van der Waals surface area contributed by atoms with Crippen LogP contribution < -0.4 is 20.5 Å². The summed E-state index contributed by atoms with van der Waals surface area (Å²) in [5.41, 5.74) is 5.53. The second-order valence-corrected chi connectivity index (χ2v) is 9.19. The van der Waals surface area contributed by atoms with Crippen molar-refractivity contribution in [2.24, 2.45) is 5.10 Å². The molecule has 188 valence electrons. The van der Waals surface area contributed by atoms with E-state index >= 15 is 0 Å². The summed E-state index contributed by atoms with van der Waals surface area (Å²) in [5.74, 6) is -1.14. The second-order valence-electron chi connectivity index (χ2n) is 8.75. The van der Waals surface area contributed by atoms with Gasteiger partial charge in [0.25, 0.3) is 5.78 Å². The SMILES string of the molecule is O=C(N/N=C/c1ccc(Cl)cc1)Nc1ccc2c(c1)C(=O)C(=O)N2CN1CCN(c2ccccc2)CC1. The van der Waals surface area contributed by atoms with Crippen LogP contribution in [0.2, 0.25) is 5.02 Å². The standard InChI is InChI=1S/C27H25ClN6O3/c28-20-8-6-19(7-9-20)17-29-31-27(37)30-21-10-11-24-23(16-21)25(35)26(36)34(24)18-32-12-14-33(15-13-32)22-4-2-1-3-5-22/h1-11,16-17H,12-15,18H2,(H2,30,31,37)/b29-17+. The number of benzene rings is 3. The zero-order valence-corrected chi connectivity index (χ0v) is 20.7. The summed E-state index contributed by atoms with van der Waals surface area (Å²) >= 11 is 5.85. The number of fused-ring (bicyclic) bond motifs is 1. The van der Waals surface area contributed by atoms with Gasteiger partial charge in [0.05, 0.1) is 24.1 Å². The Bertz CT molecular complexity index is 1340. The van der Waals surface area contributed by atoms with Crippen LogP contribution in [-0.4, -0.2) is 61.7 Å². The zero-order valence-electron chi connectivity index (χ0n) is 19.9. The number of nitrogens with one attached hydrogen (secondary N) is 2. The van der Waals surface area contributed by atoms with Crippen LogP contribution in [-0.2, 0) is 4.79 Å². The maximum absolute atomic E-state index is 12.8. The molecule has 37 heavy (non-hydrogen) atoms. The van der Waals surface area contributed by atoms with Crippen LogP contribution in [0.4, 0.5) is 21.9 Å². The summed E-state index contributed by atoms with van der Waals surface area (Å²) < 4.78 is 0. The van der Waals surface area contributed by atoms with Gasteiger partial charge in [-0.25, -0.2) is 10.2 Å². The highest BCUT2D eigenvalue weighted by Gasteiger charge is 2.37. The lowest BCUT2D eigenvalue weighted by atomic mass is 10.1. The normalized spacial score (nSPS) is 15.8. The van der Waals surface area contributed by atoms with E-state index in [1.54, 1.807) is 36.4 Å². The van der Waals surface area contributed by atoms with Gasteiger partial charge in [0, 0.05) is 42.6 Å². The van der Waals surface area contributed by atoms with Crippen LogP contribution in [0, 0.1) is 0 Å². The molecule has 3 aromatic rings. The fourth-order valence-electron chi connectivity index (χ4n) is 4.38. The molecule has 2 N–H and O–H groups in total. The van der Waals surface area contributed by atoms with Crippen LogP contribution in [0.1, 0.15) is 15.9 Å². The summed E-state index contributed by atoms with van der Waals surface area (Å²) in [6, 6.07) is 21.5. The van der Waals surface area contributed by atoms with Gasteiger partial charge in [-0.2, -0.15) is 5.10 Å². The molecule has 0 aliphatic carbocycles. The first-order chi connectivity index (χ1) is 18.0. The van der Waals surface area contributed by atoms with Crippen LogP contribution in [0.25, 0.3) is 0 Å². The van der Waals surface area contributed by atoms with Gasteiger partial charge in [-0.15, -0.1) is 0 Å². The number of ketones is 1. The Hall–Kier alpha value is -4.21. The van der Waals surface area contributed by atoms with Crippen molar-refractivity contribution in [2.45, 2.75) is 0 Å². The van der Waals surface area contributed by atoms with E-state index in [-0.39, 0.29) is 5.56 Å². The minimum Gasteiger partial charge on any atom is -0.369 e. The van der Waals surface area contributed by atoms with Gasteiger partial charge in [0.1, 0.15) is 0 Å². The molecular weight excluding hydrogens is 492 g/mol. The average Bonchev–Trinajstić information content (AvgIpc) is 3.15. The number of hydrazone groups is 1. The number of amides is 3. The topological polar surface area (TPSA) is 97.3 Å². The molecule has 10 heteroatoms. The highest BCUT2D eigenvalue weighted by molar-refractivity contribution is 6.52. The van der Waals surface area contributed by atoms with Crippen molar-refractivity contribution in [3.8, 4) is 0 Å². The van der Waals surface area contributed by atoms with Crippen molar-refractivity contribution >= 4 is 52.6 Å². The monoisotopic (exact) mass is 516 g/mol. The van der Waals surface area contributed by atoms with Gasteiger partial charge >= 0.3 is 11.9 Å². The maximum atomic E-state index is 12.8. The first-order valence-electron chi connectivity index (χ1n) is 11.9. The molecule has 0 aromatic heterocycles. The Labute approximate surface area is 219 Å². The minimum atomic E-state index is -0.581. The zero-order chi connectivity index (χ0) is 25.8. The lowest BCUT2D eigenvalue weighted by molar-refractivity contribution is -0.114. The third-order valence-corrected chi connectivity index (χ3v) is 6.57. The molecule has 0 atom stereocenters. The highest BCUT2D eigenvalue weighted by atomic mass is 35.5. The molecule has 3 amide bonds. The number of hydrogen-bond donors (Lipinski definition) is 2. The van der Waals surface area contributed by atoms with E-state index in [4.69, 9.17) is 11.6 Å².